The van der Waals surface area contributed by atoms with Crippen LogP contribution < -0.4 is 4.74 Å². The van der Waals surface area contributed by atoms with Gasteiger partial charge in [-0.3, -0.25) is 4.90 Å². The van der Waals surface area contributed by atoms with Crippen LogP contribution in [0.4, 0.5) is 0 Å². The Labute approximate surface area is 127 Å². The maximum atomic E-state index is 5.76. The van der Waals surface area contributed by atoms with Crippen LogP contribution in [0.15, 0.2) is 51.6 Å². The van der Waals surface area contributed by atoms with Crippen LogP contribution in [0.3, 0.4) is 0 Å². The number of para-hydroxylation sites is 1. The highest BCUT2D eigenvalue weighted by Crippen LogP contribution is 2.23. The summed E-state index contributed by atoms with van der Waals surface area (Å²) in [4.78, 5) is 6.61. The lowest BCUT2D eigenvalue weighted by atomic mass is 10.2. The second-order valence-corrected chi connectivity index (χ2v) is 5.16. The summed E-state index contributed by atoms with van der Waals surface area (Å²) in [5.41, 5.74) is 1.17. The highest BCUT2D eigenvalue weighted by atomic mass is 16.5. The molecular formula is C16H15N3O3. The number of hydrogen-bond donors (Lipinski definition) is 0. The van der Waals surface area contributed by atoms with E-state index in [2.05, 4.69) is 21.1 Å². The van der Waals surface area contributed by atoms with Crippen molar-refractivity contribution in [2.24, 2.45) is 0 Å². The number of benzene rings is 1. The van der Waals surface area contributed by atoms with E-state index in [1.54, 1.807) is 12.3 Å². The first kappa shape index (κ1) is 13.1. The number of ether oxygens (including phenoxy) is 1. The Kier molecular flexibility index (Phi) is 3.36. The highest BCUT2D eigenvalue weighted by Gasteiger charge is 2.18. The first-order valence-electron chi connectivity index (χ1n) is 7.18. The molecule has 0 bridgehead atoms. The van der Waals surface area contributed by atoms with Crippen LogP contribution in [0.1, 0.15) is 11.5 Å². The van der Waals surface area contributed by atoms with E-state index in [4.69, 9.17) is 13.7 Å². The van der Waals surface area contributed by atoms with Crippen molar-refractivity contribution in [3.05, 3.63) is 54.1 Å². The van der Waals surface area contributed by atoms with Gasteiger partial charge in [-0.15, -0.1) is 0 Å². The molecule has 4 rings (SSSR count). The fraction of sp³-hybridized carbons (Fsp3) is 0.250. The third kappa shape index (κ3) is 2.60. The summed E-state index contributed by atoms with van der Waals surface area (Å²) < 4.78 is 16.3. The third-order valence-electron chi connectivity index (χ3n) is 3.60. The summed E-state index contributed by atoms with van der Waals surface area (Å²) in [7, 11) is 0. The lowest BCUT2D eigenvalue weighted by Crippen LogP contribution is -2.25. The number of fused-ring (bicyclic) bond motifs is 1. The Balaban J connectivity index is 1.50. The monoisotopic (exact) mass is 297 g/mol. The highest BCUT2D eigenvalue weighted by molar-refractivity contribution is 5.44. The molecule has 0 unspecified atom stereocenters. The second-order valence-electron chi connectivity index (χ2n) is 5.16. The van der Waals surface area contributed by atoms with Crippen molar-refractivity contribution in [2.75, 3.05) is 13.2 Å². The van der Waals surface area contributed by atoms with Crippen molar-refractivity contribution in [3.8, 4) is 17.3 Å². The average molecular weight is 297 g/mol. The second kappa shape index (κ2) is 5.65. The summed E-state index contributed by atoms with van der Waals surface area (Å²) in [6, 6.07) is 11.7. The van der Waals surface area contributed by atoms with Crippen molar-refractivity contribution >= 4 is 0 Å². The van der Waals surface area contributed by atoms with Crippen molar-refractivity contribution in [2.45, 2.75) is 13.1 Å². The fourth-order valence-electron chi connectivity index (χ4n) is 2.53. The molecule has 0 amide bonds. The lowest BCUT2D eigenvalue weighted by Gasteiger charge is -2.16. The predicted octanol–water partition coefficient (Wildman–Crippen LogP) is 2.72. The van der Waals surface area contributed by atoms with Crippen molar-refractivity contribution < 1.29 is 13.7 Å². The number of furan rings is 1. The van der Waals surface area contributed by atoms with Gasteiger partial charge in [0.15, 0.2) is 5.76 Å². The Hall–Kier alpha value is -2.60. The lowest BCUT2D eigenvalue weighted by molar-refractivity contribution is 0.196. The van der Waals surface area contributed by atoms with Crippen LogP contribution in [0.25, 0.3) is 11.6 Å². The zero-order valence-electron chi connectivity index (χ0n) is 11.9. The molecule has 22 heavy (non-hydrogen) atoms. The minimum atomic E-state index is 0.478. The topological polar surface area (TPSA) is 64.5 Å². The average Bonchev–Trinajstić information content (AvgIpc) is 3.16. The van der Waals surface area contributed by atoms with E-state index >= 15 is 0 Å². The SMILES string of the molecule is c1coc(-c2noc(CN3CCOc4ccccc4C3)n2)c1. The Morgan fingerprint density at radius 2 is 2.09 bits per heavy atom. The minimum absolute atomic E-state index is 0.478. The maximum absolute atomic E-state index is 5.76. The minimum Gasteiger partial charge on any atom is -0.492 e. The zero-order valence-corrected chi connectivity index (χ0v) is 11.9. The molecule has 0 fully saturated rings. The van der Waals surface area contributed by atoms with Gasteiger partial charge in [-0.2, -0.15) is 4.98 Å². The first-order valence-corrected chi connectivity index (χ1v) is 7.18. The van der Waals surface area contributed by atoms with E-state index in [1.165, 1.54) is 5.56 Å². The Morgan fingerprint density at radius 1 is 1.14 bits per heavy atom. The summed E-state index contributed by atoms with van der Waals surface area (Å²) in [5.74, 6) is 2.61. The van der Waals surface area contributed by atoms with Crippen molar-refractivity contribution in [1.29, 1.82) is 0 Å². The van der Waals surface area contributed by atoms with Gasteiger partial charge in [0.05, 0.1) is 12.8 Å². The molecule has 6 nitrogen and oxygen atoms in total. The van der Waals surface area contributed by atoms with Gasteiger partial charge in [0.25, 0.3) is 0 Å². The maximum Gasteiger partial charge on any atom is 0.241 e. The van der Waals surface area contributed by atoms with E-state index in [1.807, 2.05) is 24.3 Å². The zero-order chi connectivity index (χ0) is 14.8. The molecule has 0 saturated heterocycles. The molecule has 0 radical (unpaired) electrons. The quantitative estimate of drug-likeness (QED) is 0.740. The van der Waals surface area contributed by atoms with Crippen molar-refractivity contribution in [1.82, 2.24) is 15.0 Å². The van der Waals surface area contributed by atoms with E-state index in [0.29, 0.717) is 30.6 Å². The van der Waals surface area contributed by atoms with Gasteiger partial charge in [0.1, 0.15) is 12.4 Å². The van der Waals surface area contributed by atoms with Gasteiger partial charge in [-0.05, 0) is 18.2 Å². The van der Waals surface area contributed by atoms with Crippen LogP contribution >= 0.6 is 0 Å². The Morgan fingerprint density at radius 3 is 3.00 bits per heavy atom. The predicted molar refractivity (Wildman–Crippen MR) is 78.1 cm³/mol. The largest absolute Gasteiger partial charge is 0.492 e. The molecule has 3 aromatic rings. The van der Waals surface area contributed by atoms with E-state index < -0.39 is 0 Å². The molecule has 3 heterocycles. The third-order valence-corrected chi connectivity index (χ3v) is 3.60. The first-order chi connectivity index (χ1) is 10.9. The number of aromatic nitrogens is 2. The molecule has 2 aromatic heterocycles. The van der Waals surface area contributed by atoms with Crippen LogP contribution in [-0.4, -0.2) is 28.2 Å². The molecule has 0 aliphatic carbocycles. The Bertz CT molecular complexity index is 752. The van der Waals surface area contributed by atoms with Gasteiger partial charge in [-0.1, -0.05) is 23.4 Å². The van der Waals surface area contributed by atoms with Crippen molar-refractivity contribution in [3.63, 3.8) is 0 Å². The number of hydrogen-bond acceptors (Lipinski definition) is 6. The molecule has 6 heteroatoms. The fourth-order valence-corrected chi connectivity index (χ4v) is 2.53. The van der Waals surface area contributed by atoms with Gasteiger partial charge >= 0.3 is 0 Å². The molecule has 1 aliphatic heterocycles. The van der Waals surface area contributed by atoms with E-state index in [9.17, 15) is 0 Å². The standard InChI is InChI=1S/C16H15N3O3/c1-2-5-13-12(4-1)10-19(7-9-21-13)11-15-17-16(18-22-15)14-6-3-8-20-14/h1-6,8H,7,9-11H2. The summed E-state index contributed by atoms with van der Waals surface area (Å²) in [6.45, 7) is 2.85. The molecular weight excluding hydrogens is 282 g/mol. The molecule has 1 aliphatic rings. The summed E-state index contributed by atoms with van der Waals surface area (Å²) in [6.07, 6.45) is 1.59. The molecule has 0 saturated carbocycles. The van der Waals surface area contributed by atoms with Gasteiger partial charge in [0.2, 0.25) is 11.7 Å². The van der Waals surface area contributed by atoms with Crippen LogP contribution in [0, 0.1) is 0 Å². The van der Waals surface area contributed by atoms with E-state index in [-0.39, 0.29) is 0 Å². The molecule has 0 spiro atoms. The molecule has 1 aromatic carbocycles. The van der Waals surface area contributed by atoms with Gasteiger partial charge in [-0.25, -0.2) is 0 Å². The summed E-state index contributed by atoms with van der Waals surface area (Å²) >= 11 is 0. The van der Waals surface area contributed by atoms with E-state index in [0.717, 1.165) is 18.8 Å². The summed E-state index contributed by atoms with van der Waals surface area (Å²) in [5, 5.41) is 3.95. The molecule has 112 valence electrons. The number of rotatable bonds is 3. The van der Waals surface area contributed by atoms with Crippen LogP contribution in [0.2, 0.25) is 0 Å². The smallest absolute Gasteiger partial charge is 0.241 e. The normalized spacial score (nSPS) is 15.1. The van der Waals surface area contributed by atoms with Gasteiger partial charge in [0, 0.05) is 18.7 Å². The van der Waals surface area contributed by atoms with Crippen LogP contribution in [0.5, 0.6) is 5.75 Å². The van der Waals surface area contributed by atoms with Gasteiger partial charge < -0.3 is 13.7 Å². The van der Waals surface area contributed by atoms with Crippen LogP contribution in [-0.2, 0) is 13.1 Å². The number of nitrogens with zero attached hydrogens (tertiary/aromatic N) is 3. The molecule has 0 atom stereocenters. The molecule has 0 N–H and O–H groups in total.